The molecular weight excluding hydrogens is 636 g/mol. The quantitative estimate of drug-likeness (QED) is 0.227. The molecule has 1 unspecified atom stereocenters. The Bertz CT molecular complexity index is 1700. The standard InChI is InChI=1S/C34H46N6O7S/c1-38-22-25(41)21-29(38)33(43)47-26-12-16-39(17-13-26)32(42)23-7-9-24(10-8-23)36-34-35-15-11-31(37-34)40-18-14-27-28(40)5-3-6-30(27)46-19-4-20-48(2,44)45/h3,5-6,11,14-15,18,23-26,29,41H,4,7-10,12-13,16-17,19-22H2,1-2H3,(H,35,36,37)/t23?,24?,25?,29-/m1/s1. The first kappa shape index (κ1) is 34.1. The molecule has 3 aromatic rings. The molecule has 0 bridgehead atoms. The lowest BCUT2D eigenvalue weighted by Gasteiger charge is -2.36. The number of rotatable bonds is 11. The number of sulfone groups is 1. The van der Waals surface area contributed by atoms with Gasteiger partial charge in [-0.15, -0.1) is 0 Å². The number of carbonyl (C=O) groups excluding carboxylic acids is 2. The number of piperidine rings is 1. The van der Waals surface area contributed by atoms with Gasteiger partial charge in [0, 0.05) is 74.9 Å². The van der Waals surface area contributed by atoms with E-state index in [1.54, 1.807) is 6.20 Å². The largest absolute Gasteiger partial charge is 0.493 e. The summed E-state index contributed by atoms with van der Waals surface area (Å²) >= 11 is 0. The van der Waals surface area contributed by atoms with Crippen LogP contribution < -0.4 is 10.1 Å². The SMILES string of the molecule is CN1CC(O)C[C@@H]1C(=O)OC1CCN(C(=O)C2CCC(Nc3nccc(-n4ccc5c(OCCCS(C)(=O)=O)cccc54)n3)CC2)CC1. The fraction of sp³-hybridized carbons (Fsp3) is 0.588. The molecule has 14 heteroatoms. The summed E-state index contributed by atoms with van der Waals surface area (Å²) in [7, 11) is -1.20. The van der Waals surface area contributed by atoms with Crippen molar-refractivity contribution < 1.29 is 32.6 Å². The monoisotopic (exact) mass is 682 g/mol. The first-order valence-corrected chi connectivity index (χ1v) is 19.0. The maximum atomic E-state index is 13.4. The molecular formula is C34H46N6O7S. The summed E-state index contributed by atoms with van der Waals surface area (Å²) in [6.45, 7) is 1.97. The van der Waals surface area contributed by atoms with Gasteiger partial charge in [0.05, 0.1) is 24.0 Å². The van der Waals surface area contributed by atoms with Gasteiger partial charge in [-0.1, -0.05) is 6.07 Å². The molecule has 3 fully saturated rings. The summed E-state index contributed by atoms with van der Waals surface area (Å²) in [5, 5.41) is 14.2. The van der Waals surface area contributed by atoms with Crippen molar-refractivity contribution in [2.24, 2.45) is 5.92 Å². The molecule has 2 atom stereocenters. The number of esters is 1. The number of aromatic nitrogens is 3. The number of ether oxygens (including phenoxy) is 2. The molecule has 6 rings (SSSR count). The molecule has 1 amide bonds. The second-order valence-electron chi connectivity index (χ2n) is 13.4. The van der Waals surface area contributed by atoms with E-state index in [0.717, 1.165) is 36.6 Å². The Morgan fingerprint density at radius 3 is 2.54 bits per heavy atom. The van der Waals surface area contributed by atoms with Gasteiger partial charge in [-0.2, -0.15) is 4.98 Å². The van der Waals surface area contributed by atoms with Gasteiger partial charge in [0.15, 0.2) is 0 Å². The van der Waals surface area contributed by atoms with Gasteiger partial charge in [0.2, 0.25) is 11.9 Å². The van der Waals surface area contributed by atoms with Gasteiger partial charge in [-0.3, -0.25) is 14.5 Å². The van der Waals surface area contributed by atoms with Crippen molar-refractivity contribution in [3.05, 3.63) is 42.7 Å². The van der Waals surface area contributed by atoms with Crippen LogP contribution in [-0.4, -0.2) is 119 Å². The van der Waals surface area contributed by atoms with Gasteiger partial charge in [-0.05, 0) is 63.4 Å². The lowest BCUT2D eigenvalue weighted by Crippen LogP contribution is -2.46. The summed E-state index contributed by atoms with van der Waals surface area (Å²) in [6.07, 6.45) is 9.56. The minimum absolute atomic E-state index is 0.0166. The average molecular weight is 683 g/mol. The number of nitrogens with zero attached hydrogens (tertiary/aromatic N) is 5. The number of hydrogen-bond donors (Lipinski definition) is 2. The van der Waals surface area contributed by atoms with Crippen molar-refractivity contribution in [3.8, 4) is 11.6 Å². The van der Waals surface area contributed by atoms with Crippen LogP contribution in [0.25, 0.3) is 16.7 Å². The van der Waals surface area contributed by atoms with E-state index in [1.165, 1.54) is 6.26 Å². The third kappa shape index (κ3) is 8.27. The average Bonchev–Trinajstić information content (AvgIpc) is 3.66. The molecule has 13 nitrogen and oxygen atoms in total. The number of β-amino-alcohol motifs (C(OH)–C–C–N with tert-alkyl or cyclic N) is 1. The summed E-state index contributed by atoms with van der Waals surface area (Å²) in [4.78, 5) is 39.0. The van der Waals surface area contributed by atoms with Gasteiger partial charge in [0.1, 0.15) is 33.6 Å². The fourth-order valence-electron chi connectivity index (χ4n) is 7.13. The highest BCUT2D eigenvalue weighted by molar-refractivity contribution is 7.90. The smallest absolute Gasteiger partial charge is 0.323 e. The molecule has 0 radical (unpaired) electrons. The Hall–Kier alpha value is -3.75. The number of likely N-dealkylation sites (N-methyl/N-ethyl adjacent to an activating group) is 1. The number of aliphatic hydroxyl groups excluding tert-OH is 1. The second kappa shape index (κ2) is 14.8. The highest BCUT2D eigenvalue weighted by atomic mass is 32.2. The molecule has 1 aliphatic carbocycles. The zero-order valence-electron chi connectivity index (χ0n) is 27.7. The molecule has 2 N–H and O–H groups in total. The minimum atomic E-state index is -3.03. The Morgan fingerprint density at radius 1 is 1.06 bits per heavy atom. The minimum Gasteiger partial charge on any atom is -0.493 e. The van der Waals surface area contributed by atoms with Crippen LogP contribution in [0, 0.1) is 5.92 Å². The van der Waals surface area contributed by atoms with Crippen molar-refractivity contribution in [1.82, 2.24) is 24.3 Å². The van der Waals surface area contributed by atoms with Gasteiger partial charge in [-0.25, -0.2) is 13.4 Å². The van der Waals surface area contributed by atoms with Crippen molar-refractivity contribution in [2.45, 2.75) is 75.7 Å². The van der Waals surface area contributed by atoms with Crippen LogP contribution in [0.3, 0.4) is 0 Å². The molecule has 2 aliphatic heterocycles. The highest BCUT2D eigenvalue weighted by Crippen LogP contribution is 2.31. The Morgan fingerprint density at radius 2 is 1.83 bits per heavy atom. The number of hydrogen-bond acceptors (Lipinski definition) is 11. The summed E-state index contributed by atoms with van der Waals surface area (Å²) < 4.78 is 36.5. The summed E-state index contributed by atoms with van der Waals surface area (Å²) in [5.74, 6) is 1.92. The summed E-state index contributed by atoms with van der Waals surface area (Å²) in [6, 6.07) is 9.35. The zero-order valence-corrected chi connectivity index (χ0v) is 28.5. The maximum Gasteiger partial charge on any atom is 0.323 e. The van der Waals surface area contributed by atoms with Crippen LogP contribution in [0.5, 0.6) is 5.75 Å². The van der Waals surface area contributed by atoms with E-state index in [9.17, 15) is 23.1 Å². The van der Waals surface area contributed by atoms with E-state index in [-0.39, 0.29) is 35.7 Å². The van der Waals surface area contributed by atoms with E-state index < -0.39 is 22.0 Å². The number of aliphatic hydroxyl groups is 1. The van der Waals surface area contributed by atoms with Crippen molar-refractivity contribution in [2.75, 3.05) is 50.6 Å². The van der Waals surface area contributed by atoms with Crippen LogP contribution >= 0.6 is 0 Å². The number of amides is 1. The molecule has 48 heavy (non-hydrogen) atoms. The lowest BCUT2D eigenvalue weighted by molar-refractivity contribution is -0.157. The molecule has 0 spiro atoms. The number of benzene rings is 1. The van der Waals surface area contributed by atoms with Crippen LogP contribution in [0.15, 0.2) is 42.7 Å². The van der Waals surface area contributed by atoms with E-state index in [4.69, 9.17) is 14.5 Å². The molecule has 1 aromatic carbocycles. The number of nitrogens with one attached hydrogen (secondary N) is 1. The fourth-order valence-corrected chi connectivity index (χ4v) is 7.77. The molecule has 1 saturated carbocycles. The van der Waals surface area contributed by atoms with Crippen molar-refractivity contribution in [1.29, 1.82) is 0 Å². The first-order chi connectivity index (χ1) is 23.0. The van der Waals surface area contributed by atoms with E-state index >= 15 is 0 Å². The van der Waals surface area contributed by atoms with Crippen LogP contribution in [0.4, 0.5) is 5.95 Å². The van der Waals surface area contributed by atoms with Crippen molar-refractivity contribution in [3.63, 3.8) is 0 Å². The molecule has 2 aromatic heterocycles. The number of fused-ring (bicyclic) bond motifs is 1. The van der Waals surface area contributed by atoms with Crippen LogP contribution in [0.2, 0.25) is 0 Å². The second-order valence-corrected chi connectivity index (χ2v) is 15.7. The molecule has 260 valence electrons. The van der Waals surface area contributed by atoms with E-state index in [2.05, 4.69) is 10.3 Å². The maximum absolute atomic E-state index is 13.4. The molecule has 4 heterocycles. The third-order valence-electron chi connectivity index (χ3n) is 9.74. The number of anilines is 1. The van der Waals surface area contributed by atoms with E-state index in [0.29, 0.717) is 69.4 Å². The Balaban J connectivity index is 0.975. The van der Waals surface area contributed by atoms with Gasteiger partial charge < -0.3 is 29.4 Å². The molecule has 3 aliphatic rings. The van der Waals surface area contributed by atoms with Gasteiger partial charge >= 0.3 is 5.97 Å². The highest BCUT2D eigenvalue weighted by Gasteiger charge is 2.37. The Kier molecular flexibility index (Phi) is 10.5. The van der Waals surface area contributed by atoms with Crippen LogP contribution in [-0.2, 0) is 24.2 Å². The van der Waals surface area contributed by atoms with E-state index in [1.807, 2.05) is 57.9 Å². The summed E-state index contributed by atoms with van der Waals surface area (Å²) in [5.41, 5.74) is 0.919. The Labute approximate surface area is 281 Å². The topological polar surface area (TPSA) is 156 Å². The van der Waals surface area contributed by atoms with Crippen LogP contribution in [0.1, 0.15) is 51.4 Å². The number of likely N-dealkylation sites (tertiary alicyclic amines) is 2. The third-order valence-corrected chi connectivity index (χ3v) is 10.8. The zero-order chi connectivity index (χ0) is 33.8. The molecule has 2 saturated heterocycles. The normalized spacial score (nSPS) is 24.1. The van der Waals surface area contributed by atoms with Crippen molar-refractivity contribution >= 4 is 38.6 Å². The predicted molar refractivity (Wildman–Crippen MR) is 181 cm³/mol. The first-order valence-electron chi connectivity index (χ1n) is 16.9. The predicted octanol–water partition coefficient (Wildman–Crippen LogP) is 2.80. The van der Waals surface area contributed by atoms with Gasteiger partial charge in [0.25, 0.3) is 0 Å². The lowest BCUT2D eigenvalue weighted by atomic mass is 9.85. The number of carbonyl (C=O) groups is 2.